The molecule has 1 aromatic rings. The van der Waals surface area contributed by atoms with Crippen molar-refractivity contribution in [3.8, 4) is 5.75 Å². The average Bonchev–Trinajstić information content (AvgIpc) is 2.60. The van der Waals surface area contributed by atoms with E-state index in [-0.39, 0.29) is 0 Å². The van der Waals surface area contributed by atoms with Gasteiger partial charge in [-0.1, -0.05) is 25.1 Å². The monoisotopic (exact) mass is 192 g/mol. The Kier molecular flexibility index (Phi) is 2.15. The van der Waals surface area contributed by atoms with Gasteiger partial charge >= 0.3 is 5.97 Å². The topological polar surface area (TPSA) is 46.5 Å². The molecule has 0 amide bonds. The van der Waals surface area contributed by atoms with Crippen LogP contribution in [0.1, 0.15) is 18.1 Å². The predicted octanol–water partition coefficient (Wildman–Crippen LogP) is 1.64. The van der Waals surface area contributed by atoms with Crippen LogP contribution in [-0.4, -0.2) is 17.2 Å². The summed E-state index contributed by atoms with van der Waals surface area (Å²) in [5.74, 6) is -0.106. The zero-order valence-corrected chi connectivity index (χ0v) is 7.99. The molecule has 1 atom stereocenters. The molecule has 0 saturated carbocycles. The normalized spacial score (nSPS) is 18.8. The minimum atomic E-state index is -0.886. The molecule has 1 aliphatic rings. The van der Waals surface area contributed by atoms with E-state index in [0.717, 1.165) is 23.3 Å². The maximum Gasteiger partial charge on any atom is 0.345 e. The van der Waals surface area contributed by atoms with Crippen LogP contribution in [0.25, 0.3) is 0 Å². The lowest BCUT2D eigenvalue weighted by Crippen LogP contribution is -2.24. The molecule has 0 fully saturated rings. The predicted molar refractivity (Wildman–Crippen MR) is 51.6 cm³/mol. The number of fused-ring (bicyclic) bond motifs is 1. The molecule has 0 radical (unpaired) electrons. The van der Waals surface area contributed by atoms with Crippen molar-refractivity contribution in [2.45, 2.75) is 25.9 Å². The van der Waals surface area contributed by atoms with Crippen molar-refractivity contribution in [3.63, 3.8) is 0 Å². The summed E-state index contributed by atoms with van der Waals surface area (Å²) >= 11 is 0. The highest BCUT2D eigenvalue weighted by Crippen LogP contribution is 2.32. The minimum Gasteiger partial charge on any atom is -0.478 e. The van der Waals surface area contributed by atoms with Gasteiger partial charge in [-0.25, -0.2) is 4.79 Å². The lowest BCUT2D eigenvalue weighted by atomic mass is 10.1. The zero-order chi connectivity index (χ0) is 10.1. The largest absolute Gasteiger partial charge is 0.478 e. The molecule has 0 aliphatic carbocycles. The van der Waals surface area contributed by atoms with Crippen LogP contribution >= 0.6 is 0 Å². The van der Waals surface area contributed by atoms with Gasteiger partial charge in [-0.05, 0) is 17.5 Å². The first-order chi connectivity index (χ1) is 6.72. The van der Waals surface area contributed by atoms with Crippen LogP contribution in [0.2, 0.25) is 0 Å². The fourth-order valence-electron chi connectivity index (χ4n) is 1.75. The third kappa shape index (κ3) is 1.35. The van der Waals surface area contributed by atoms with E-state index >= 15 is 0 Å². The molecule has 2 rings (SSSR count). The Bertz CT molecular complexity index is 371. The molecule has 74 valence electrons. The maximum atomic E-state index is 10.7. The molecule has 1 aromatic carbocycles. The SMILES string of the molecule is CCc1cccc2c1OC(C(=O)O)C2. The van der Waals surface area contributed by atoms with Gasteiger partial charge in [0.25, 0.3) is 0 Å². The van der Waals surface area contributed by atoms with Crippen LogP contribution < -0.4 is 4.74 Å². The second-order valence-electron chi connectivity index (χ2n) is 3.41. The molecule has 1 heterocycles. The lowest BCUT2D eigenvalue weighted by Gasteiger charge is -2.07. The van der Waals surface area contributed by atoms with Gasteiger partial charge in [0, 0.05) is 6.42 Å². The highest BCUT2D eigenvalue weighted by molar-refractivity contribution is 5.75. The quantitative estimate of drug-likeness (QED) is 0.774. The molecule has 0 bridgehead atoms. The Morgan fingerprint density at radius 3 is 3.07 bits per heavy atom. The van der Waals surface area contributed by atoms with Gasteiger partial charge in [-0.3, -0.25) is 0 Å². The number of benzene rings is 1. The Balaban J connectivity index is 2.34. The number of aliphatic carboxylic acids is 1. The molecule has 14 heavy (non-hydrogen) atoms. The minimum absolute atomic E-state index is 0.485. The molecule has 3 heteroatoms. The average molecular weight is 192 g/mol. The number of hydrogen-bond donors (Lipinski definition) is 1. The molecule has 3 nitrogen and oxygen atoms in total. The van der Waals surface area contributed by atoms with E-state index in [1.165, 1.54) is 0 Å². The van der Waals surface area contributed by atoms with Crippen molar-refractivity contribution in [2.75, 3.05) is 0 Å². The van der Waals surface area contributed by atoms with Gasteiger partial charge in [0.05, 0.1) is 0 Å². The molecule has 1 N–H and O–H groups in total. The summed E-state index contributed by atoms with van der Waals surface area (Å²) in [6, 6.07) is 5.85. The van der Waals surface area contributed by atoms with Crippen LogP contribution in [0.15, 0.2) is 18.2 Å². The summed E-state index contributed by atoms with van der Waals surface area (Å²) in [5.41, 5.74) is 2.10. The van der Waals surface area contributed by atoms with Crippen LogP contribution in [0.4, 0.5) is 0 Å². The highest BCUT2D eigenvalue weighted by Gasteiger charge is 2.29. The molecular weight excluding hydrogens is 180 g/mol. The van der Waals surface area contributed by atoms with Crippen LogP contribution in [0, 0.1) is 0 Å². The summed E-state index contributed by atoms with van der Waals surface area (Å²) in [7, 11) is 0. The second kappa shape index (κ2) is 3.33. The third-order valence-electron chi connectivity index (χ3n) is 2.50. The Morgan fingerprint density at radius 1 is 1.64 bits per heavy atom. The lowest BCUT2D eigenvalue weighted by molar-refractivity contribution is -0.144. The van der Waals surface area contributed by atoms with Crippen molar-refractivity contribution in [3.05, 3.63) is 29.3 Å². The summed E-state index contributed by atoms with van der Waals surface area (Å²) in [6.07, 6.45) is 0.659. The number of carboxylic acid groups (broad SMARTS) is 1. The van der Waals surface area contributed by atoms with Crippen molar-refractivity contribution >= 4 is 5.97 Å². The number of rotatable bonds is 2. The fraction of sp³-hybridized carbons (Fsp3) is 0.364. The van der Waals surface area contributed by atoms with Crippen LogP contribution in [0.3, 0.4) is 0 Å². The number of hydrogen-bond acceptors (Lipinski definition) is 2. The molecule has 0 spiro atoms. The first kappa shape index (κ1) is 9.06. The van der Waals surface area contributed by atoms with Crippen LogP contribution in [0.5, 0.6) is 5.75 Å². The van der Waals surface area contributed by atoms with E-state index in [2.05, 4.69) is 0 Å². The maximum absolute atomic E-state index is 10.7. The zero-order valence-electron chi connectivity index (χ0n) is 7.99. The van der Waals surface area contributed by atoms with Gasteiger partial charge in [-0.15, -0.1) is 0 Å². The van der Waals surface area contributed by atoms with Crippen molar-refractivity contribution in [1.82, 2.24) is 0 Å². The fourth-order valence-corrected chi connectivity index (χ4v) is 1.75. The molecule has 1 unspecified atom stereocenters. The van der Waals surface area contributed by atoms with Crippen molar-refractivity contribution in [2.24, 2.45) is 0 Å². The van der Waals surface area contributed by atoms with Gasteiger partial charge in [0.1, 0.15) is 5.75 Å². The van der Waals surface area contributed by atoms with E-state index in [0.29, 0.717) is 6.42 Å². The second-order valence-corrected chi connectivity index (χ2v) is 3.41. The van der Waals surface area contributed by atoms with Crippen molar-refractivity contribution in [1.29, 1.82) is 0 Å². The first-order valence-corrected chi connectivity index (χ1v) is 4.72. The van der Waals surface area contributed by atoms with Gasteiger partial charge in [0.15, 0.2) is 6.10 Å². The number of aryl methyl sites for hydroxylation is 1. The van der Waals surface area contributed by atoms with Gasteiger partial charge in [-0.2, -0.15) is 0 Å². The molecular formula is C11H12O3. The Hall–Kier alpha value is -1.51. The summed E-state index contributed by atoms with van der Waals surface area (Å²) < 4.78 is 5.39. The molecule has 0 saturated heterocycles. The first-order valence-electron chi connectivity index (χ1n) is 4.72. The van der Waals surface area contributed by atoms with Gasteiger partial charge < -0.3 is 9.84 Å². The molecule has 0 aromatic heterocycles. The van der Waals surface area contributed by atoms with Gasteiger partial charge in [0.2, 0.25) is 0 Å². The summed E-state index contributed by atoms with van der Waals surface area (Å²) in [4.78, 5) is 10.7. The third-order valence-corrected chi connectivity index (χ3v) is 2.50. The standard InChI is InChI=1S/C11H12O3/c1-2-7-4-3-5-8-6-9(11(12)13)14-10(7)8/h3-5,9H,2,6H2,1H3,(H,12,13). The van der Waals surface area contributed by atoms with Crippen LogP contribution in [-0.2, 0) is 17.6 Å². The smallest absolute Gasteiger partial charge is 0.345 e. The van der Waals surface area contributed by atoms with E-state index < -0.39 is 12.1 Å². The summed E-state index contributed by atoms with van der Waals surface area (Å²) in [6.45, 7) is 2.03. The number of carboxylic acids is 1. The molecule has 1 aliphatic heterocycles. The highest BCUT2D eigenvalue weighted by atomic mass is 16.5. The van der Waals surface area contributed by atoms with E-state index in [1.54, 1.807) is 0 Å². The summed E-state index contributed by atoms with van der Waals surface area (Å²) in [5, 5.41) is 8.82. The Labute approximate surface area is 82.3 Å². The number of carbonyl (C=O) groups is 1. The van der Waals surface area contributed by atoms with E-state index in [1.807, 2.05) is 25.1 Å². The number of para-hydroxylation sites is 1. The van der Waals surface area contributed by atoms with Crippen molar-refractivity contribution < 1.29 is 14.6 Å². The Morgan fingerprint density at radius 2 is 2.43 bits per heavy atom. The number of ether oxygens (including phenoxy) is 1. The van der Waals surface area contributed by atoms with E-state index in [4.69, 9.17) is 9.84 Å². The van der Waals surface area contributed by atoms with E-state index in [9.17, 15) is 4.79 Å².